The van der Waals surface area contributed by atoms with Crippen molar-refractivity contribution in [2.45, 2.75) is 12.7 Å². The number of amides is 1. The van der Waals surface area contributed by atoms with Gasteiger partial charge in [-0.1, -0.05) is 37.3 Å². The van der Waals surface area contributed by atoms with Crippen LogP contribution in [0.2, 0.25) is 0 Å². The van der Waals surface area contributed by atoms with Gasteiger partial charge in [-0.05, 0) is 11.5 Å². The molecule has 2 N–H and O–H groups in total. The zero-order chi connectivity index (χ0) is 12.5. The van der Waals surface area contributed by atoms with Gasteiger partial charge in [0.25, 0.3) is 0 Å². The predicted molar refractivity (Wildman–Crippen MR) is 71.9 cm³/mol. The number of nitrogens with one attached hydrogen (secondary N) is 1. The molecule has 0 saturated heterocycles. The van der Waals surface area contributed by atoms with Crippen molar-refractivity contribution in [1.82, 2.24) is 5.32 Å². The van der Waals surface area contributed by atoms with E-state index in [-0.39, 0.29) is 18.4 Å². The van der Waals surface area contributed by atoms with Gasteiger partial charge in [0.05, 0.1) is 5.75 Å². The second-order valence-corrected chi connectivity index (χ2v) is 5.06. The summed E-state index contributed by atoms with van der Waals surface area (Å²) in [6, 6.07) is 10.1. The topological polar surface area (TPSA) is 49.3 Å². The van der Waals surface area contributed by atoms with E-state index in [0.717, 1.165) is 5.75 Å². The fourth-order valence-corrected chi connectivity index (χ4v) is 2.06. The van der Waals surface area contributed by atoms with Gasteiger partial charge in [-0.3, -0.25) is 4.79 Å². The lowest BCUT2D eigenvalue weighted by atomic mass is 10.2. The number of carbonyl (C=O) groups excluding carboxylic acids is 1. The second kappa shape index (κ2) is 8.14. The molecule has 94 valence electrons. The quantitative estimate of drug-likeness (QED) is 0.777. The molecule has 0 fully saturated rings. The third-order valence-electron chi connectivity index (χ3n) is 2.30. The molecule has 1 atom stereocenters. The SMILES string of the molecule is CC(CO)CNC(=O)CSCc1ccccc1. The molecule has 1 rings (SSSR count). The normalized spacial score (nSPS) is 12.1. The summed E-state index contributed by atoms with van der Waals surface area (Å²) in [5, 5.41) is 11.6. The maximum Gasteiger partial charge on any atom is 0.230 e. The minimum atomic E-state index is 0.0335. The second-order valence-electron chi connectivity index (χ2n) is 4.07. The van der Waals surface area contributed by atoms with Gasteiger partial charge < -0.3 is 10.4 Å². The van der Waals surface area contributed by atoms with Crippen LogP contribution in [-0.4, -0.2) is 29.9 Å². The van der Waals surface area contributed by atoms with Gasteiger partial charge in [-0.25, -0.2) is 0 Å². The van der Waals surface area contributed by atoms with Crippen LogP contribution in [0.25, 0.3) is 0 Å². The molecule has 0 bridgehead atoms. The van der Waals surface area contributed by atoms with Gasteiger partial charge in [-0.15, -0.1) is 11.8 Å². The molecule has 1 amide bonds. The monoisotopic (exact) mass is 253 g/mol. The molecule has 0 aliphatic heterocycles. The summed E-state index contributed by atoms with van der Waals surface area (Å²) in [5.41, 5.74) is 1.23. The summed E-state index contributed by atoms with van der Waals surface area (Å²) in [6.45, 7) is 2.55. The first-order valence-corrected chi connectivity index (χ1v) is 6.87. The third-order valence-corrected chi connectivity index (χ3v) is 3.31. The van der Waals surface area contributed by atoms with Crippen molar-refractivity contribution in [2.24, 2.45) is 5.92 Å². The zero-order valence-electron chi connectivity index (χ0n) is 10.1. The molecule has 0 aromatic heterocycles. The van der Waals surface area contributed by atoms with E-state index in [4.69, 9.17) is 5.11 Å². The van der Waals surface area contributed by atoms with E-state index < -0.39 is 0 Å². The molecule has 1 aromatic carbocycles. The number of aliphatic hydroxyl groups is 1. The Kier molecular flexibility index (Phi) is 6.74. The molecule has 0 aliphatic rings. The van der Waals surface area contributed by atoms with Crippen LogP contribution in [0.3, 0.4) is 0 Å². The predicted octanol–water partition coefficient (Wildman–Crippen LogP) is 1.66. The highest BCUT2D eigenvalue weighted by molar-refractivity contribution is 7.99. The molecule has 4 heteroatoms. The summed E-state index contributed by atoms with van der Waals surface area (Å²) in [4.78, 5) is 11.4. The molecule has 0 radical (unpaired) electrons. The summed E-state index contributed by atoms with van der Waals surface area (Å²) < 4.78 is 0. The van der Waals surface area contributed by atoms with Crippen molar-refractivity contribution >= 4 is 17.7 Å². The third kappa shape index (κ3) is 6.34. The average molecular weight is 253 g/mol. The van der Waals surface area contributed by atoms with Gasteiger partial charge in [0.15, 0.2) is 0 Å². The van der Waals surface area contributed by atoms with Crippen molar-refractivity contribution in [3.63, 3.8) is 0 Å². The van der Waals surface area contributed by atoms with E-state index >= 15 is 0 Å². The van der Waals surface area contributed by atoms with Crippen LogP contribution in [0.15, 0.2) is 30.3 Å². The Morgan fingerprint density at radius 2 is 2.12 bits per heavy atom. The Bertz CT molecular complexity index is 329. The zero-order valence-corrected chi connectivity index (χ0v) is 10.9. The summed E-state index contributed by atoms with van der Waals surface area (Å²) in [5.74, 6) is 1.47. The standard InChI is InChI=1S/C13H19NO2S/c1-11(8-15)7-14-13(16)10-17-9-12-5-3-2-4-6-12/h2-6,11,15H,7-10H2,1H3,(H,14,16). The van der Waals surface area contributed by atoms with Gasteiger partial charge in [0.1, 0.15) is 0 Å². The van der Waals surface area contributed by atoms with Crippen LogP contribution in [0.1, 0.15) is 12.5 Å². The minimum absolute atomic E-state index is 0.0335. The Hall–Kier alpha value is -1.00. The van der Waals surface area contributed by atoms with Gasteiger partial charge in [0, 0.05) is 18.9 Å². The first-order chi connectivity index (χ1) is 8.22. The molecular formula is C13H19NO2S. The highest BCUT2D eigenvalue weighted by atomic mass is 32.2. The number of hydrogen-bond donors (Lipinski definition) is 2. The molecule has 1 unspecified atom stereocenters. The van der Waals surface area contributed by atoms with Crippen molar-refractivity contribution in [1.29, 1.82) is 0 Å². The maximum absolute atomic E-state index is 11.4. The summed E-state index contributed by atoms with van der Waals surface area (Å²) >= 11 is 1.60. The lowest BCUT2D eigenvalue weighted by Crippen LogP contribution is -2.30. The van der Waals surface area contributed by atoms with E-state index in [2.05, 4.69) is 17.4 Å². The number of thioether (sulfide) groups is 1. The van der Waals surface area contributed by atoms with Crippen LogP contribution in [-0.2, 0) is 10.5 Å². The first kappa shape index (κ1) is 14.1. The molecule has 0 aliphatic carbocycles. The van der Waals surface area contributed by atoms with E-state index in [1.165, 1.54) is 5.56 Å². The van der Waals surface area contributed by atoms with Crippen molar-refractivity contribution in [3.05, 3.63) is 35.9 Å². The number of aliphatic hydroxyl groups excluding tert-OH is 1. The molecule has 0 heterocycles. The molecule has 0 spiro atoms. The van der Waals surface area contributed by atoms with E-state index in [0.29, 0.717) is 12.3 Å². The number of hydrogen-bond acceptors (Lipinski definition) is 3. The molecular weight excluding hydrogens is 234 g/mol. The average Bonchev–Trinajstić information content (AvgIpc) is 2.37. The summed E-state index contributed by atoms with van der Waals surface area (Å²) in [7, 11) is 0. The lowest BCUT2D eigenvalue weighted by Gasteiger charge is -2.09. The van der Waals surface area contributed by atoms with Crippen LogP contribution in [0, 0.1) is 5.92 Å². The van der Waals surface area contributed by atoms with Crippen molar-refractivity contribution in [3.8, 4) is 0 Å². The first-order valence-electron chi connectivity index (χ1n) is 5.71. The van der Waals surface area contributed by atoms with Crippen molar-refractivity contribution in [2.75, 3.05) is 18.9 Å². The minimum Gasteiger partial charge on any atom is -0.396 e. The largest absolute Gasteiger partial charge is 0.396 e. The van der Waals surface area contributed by atoms with Crippen molar-refractivity contribution < 1.29 is 9.90 Å². The number of rotatable bonds is 7. The van der Waals surface area contributed by atoms with Crippen LogP contribution in [0.4, 0.5) is 0 Å². The van der Waals surface area contributed by atoms with E-state index in [1.807, 2.05) is 25.1 Å². The molecule has 0 saturated carbocycles. The van der Waals surface area contributed by atoms with Crippen LogP contribution >= 0.6 is 11.8 Å². The van der Waals surface area contributed by atoms with Gasteiger partial charge in [-0.2, -0.15) is 0 Å². The Morgan fingerprint density at radius 1 is 1.41 bits per heavy atom. The lowest BCUT2D eigenvalue weighted by molar-refractivity contribution is -0.118. The summed E-state index contributed by atoms with van der Waals surface area (Å²) in [6.07, 6.45) is 0. The Morgan fingerprint density at radius 3 is 2.76 bits per heavy atom. The molecule has 1 aromatic rings. The van der Waals surface area contributed by atoms with Crippen LogP contribution in [0.5, 0.6) is 0 Å². The highest BCUT2D eigenvalue weighted by Crippen LogP contribution is 2.10. The van der Waals surface area contributed by atoms with E-state index in [1.54, 1.807) is 11.8 Å². The molecule has 3 nitrogen and oxygen atoms in total. The fraction of sp³-hybridized carbons (Fsp3) is 0.462. The smallest absolute Gasteiger partial charge is 0.230 e. The van der Waals surface area contributed by atoms with Gasteiger partial charge >= 0.3 is 0 Å². The maximum atomic E-state index is 11.4. The molecule has 17 heavy (non-hydrogen) atoms. The number of carbonyl (C=O) groups is 1. The van der Waals surface area contributed by atoms with E-state index in [9.17, 15) is 4.79 Å². The Labute approximate surface area is 107 Å². The number of benzene rings is 1. The fourth-order valence-electron chi connectivity index (χ4n) is 1.24. The Balaban J connectivity index is 2.12. The van der Waals surface area contributed by atoms with Crippen LogP contribution < -0.4 is 5.32 Å². The highest BCUT2D eigenvalue weighted by Gasteiger charge is 2.04. The van der Waals surface area contributed by atoms with Gasteiger partial charge in [0.2, 0.25) is 5.91 Å².